The summed E-state index contributed by atoms with van der Waals surface area (Å²) in [6, 6.07) is 0. The first-order chi connectivity index (χ1) is 6.22. The molecule has 0 unspecified atom stereocenters. The molecule has 13 heavy (non-hydrogen) atoms. The predicted octanol–water partition coefficient (Wildman–Crippen LogP) is 2.37. The molecular formula is C11H16N2. The maximum Gasteiger partial charge on any atom is 0.105 e. The van der Waals surface area contributed by atoms with Crippen molar-refractivity contribution in [1.82, 2.24) is 4.90 Å². The fourth-order valence-electron chi connectivity index (χ4n) is 1.42. The van der Waals surface area contributed by atoms with E-state index in [1.54, 1.807) is 6.08 Å². The molecule has 1 aliphatic heterocycles. The van der Waals surface area contributed by atoms with E-state index in [-0.39, 0.29) is 0 Å². The van der Waals surface area contributed by atoms with E-state index in [0.717, 1.165) is 30.1 Å². The number of amidine groups is 1. The van der Waals surface area contributed by atoms with Gasteiger partial charge in [0.2, 0.25) is 0 Å². The second kappa shape index (κ2) is 4.08. The number of hydrogen-bond acceptors (Lipinski definition) is 2. The molecule has 1 rings (SSSR count). The van der Waals surface area contributed by atoms with Crippen molar-refractivity contribution in [3.05, 3.63) is 36.6 Å². The minimum atomic E-state index is 0.886. The largest absolute Gasteiger partial charge is 0.359 e. The van der Waals surface area contributed by atoms with E-state index in [0.29, 0.717) is 0 Å². The third kappa shape index (κ3) is 1.89. The standard InChI is InChI=1S/C11H16N2/c1-5-9-8-13(4)11(7-3)12-10(9)6-2/h5-6H,1-2,7-8H2,3-4H3. The van der Waals surface area contributed by atoms with Gasteiger partial charge in [0.05, 0.1) is 5.70 Å². The first-order valence-corrected chi connectivity index (χ1v) is 4.49. The Hall–Kier alpha value is -1.31. The lowest BCUT2D eigenvalue weighted by atomic mass is 10.1. The molecule has 0 atom stereocenters. The lowest BCUT2D eigenvalue weighted by Crippen LogP contribution is -2.31. The molecule has 0 aromatic rings. The van der Waals surface area contributed by atoms with Gasteiger partial charge in [-0.1, -0.05) is 26.2 Å². The van der Waals surface area contributed by atoms with Crippen molar-refractivity contribution in [3.63, 3.8) is 0 Å². The summed E-state index contributed by atoms with van der Waals surface area (Å²) < 4.78 is 0. The van der Waals surface area contributed by atoms with E-state index in [1.807, 2.05) is 13.1 Å². The molecule has 70 valence electrons. The van der Waals surface area contributed by atoms with Crippen LogP contribution in [0.25, 0.3) is 0 Å². The second-order valence-electron chi connectivity index (χ2n) is 3.06. The topological polar surface area (TPSA) is 15.6 Å². The van der Waals surface area contributed by atoms with Crippen LogP contribution in [0.4, 0.5) is 0 Å². The van der Waals surface area contributed by atoms with Crippen LogP contribution in [0.5, 0.6) is 0 Å². The monoisotopic (exact) mass is 176 g/mol. The van der Waals surface area contributed by atoms with Crippen molar-refractivity contribution in [2.75, 3.05) is 13.6 Å². The first kappa shape index (κ1) is 9.78. The maximum atomic E-state index is 4.48. The van der Waals surface area contributed by atoms with Crippen molar-refractivity contribution in [2.45, 2.75) is 13.3 Å². The Kier molecular flexibility index (Phi) is 3.07. The quantitative estimate of drug-likeness (QED) is 0.644. The minimum Gasteiger partial charge on any atom is -0.359 e. The van der Waals surface area contributed by atoms with Crippen LogP contribution in [-0.4, -0.2) is 24.3 Å². The van der Waals surface area contributed by atoms with Gasteiger partial charge in [-0.05, 0) is 11.6 Å². The molecule has 0 aromatic carbocycles. The summed E-state index contributed by atoms with van der Waals surface area (Å²) in [6.45, 7) is 10.5. The van der Waals surface area contributed by atoms with Crippen LogP contribution in [0.1, 0.15) is 13.3 Å². The summed E-state index contributed by atoms with van der Waals surface area (Å²) in [5.74, 6) is 1.11. The fraction of sp³-hybridized carbons (Fsp3) is 0.364. The Labute approximate surface area is 80.0 Å². The highest BCUT2D eigenvalue weighted by Gasteiger charge is 2.13. The van der Waals surface area contributed by atoms with E-state index < -0.39 is 0 Å². The molecule has 0 saturated heterocycles. The Balaban J connectivity index is 3.05. The zero-order valence-corrected chi connectivity index (χ0v) is 8.38. The highest BCUT2D eigenvalue weighted by molar-refractivity contribution is 5.84. The molecule has 0 bridgehead atoms. The number of hydrogen-bond donors (Lipinski definition) is 0. The SMILES string of the molecule is C=CC1=C(C=C)N=C(CC)N(C)C1. The molecule has 2 nitrogen and oxygen atoms in total. The first-order valence-electron chi connectivity index (χ1n) is 4.49. The van der Waals surface area contributed by atoms with Crippen molar-refractivity contribution >= 4 is 5.84 Å². The molecule has 1 heterocycles. The third-order valence-corrected chi connectivity index (χ3v) is 2.18. The van der Waals surface area contributed by atoms with Gasteiger partial charge in [-0.2, -0.15) is 0 Å². The normalized spacial score (nSPS) is 17.1. The number of nitrogens with zero attached hydrogens (tertiary/aromatic N) is 2. The average Bonchev–Trinajstić information content (AvgIpc) is 2.17. The molecule has 0 aliphatic carbocycles. The molecular weight excluding hydrogens is 160 g/mol. The summed E-state index contributed by atoms with van der Waals surface area (Å²) >= 11 is 0. The molecule has 0 amide bonds. The molecule has 1 aliphatic rings. The van der Waals surface area contributed by atoms with Gasteiger partial charge in [0.1, 0.15) is 5.84 Å². The van der Waals surface area contributed by atoms with E-state index in [4.69, 9.17) is 0 Å². The molecule has 0 aromatic heterocycles. The van der Waals surface area contributed by atoms with Crippen LogP contribution < -0.4 is 0 Å². The smallest absolute Gasteiger partial charge is 0.105 e. The summed E-state index contributed by atoms with van der Waals surface area (Å²) in [7, 11) is 2.05. The summed E-state index contributed by atoms with van der Waals surface area (Å²) in [5, 5.41) is 0. The van der Waals surface area contributed by atoms with Gasteiger partial charge in [0, 0.05) is 20.0 Å². The Morgan fingerprint density at radius 2 is 2.15 bits per heavy atom. The van der Waals surface area contributed by atoms with Gasteiger partial charge in [-0.25, -0.2) is 4.99 Å². The van der Waals surface area contributed by atoms with Crippen LogP contribution in [0.15, 0.2) is 41.6 Å². The van der Waals surface area contributed by atoms with E-state index in [1.165, 1.54) is 0 Å². The second-order valence-corrected chi connectivity index (χ2v) is 3.06. The molecule has 0 fully saturated rings. The predicted molar refractivity (Wildman–Crippen MR) is 57.8 cm³/mol. The fourth-order valence-corrected chi connectivity index (χ4v) is 1.42. The summed E-state index contributed by atoms with van der Waals surface area (Å²) in [6.07, 6.45) is 4.60. The Bertz CT molecular complexity index is 284. The van der Waals surface area contributed by atoms with Crippen LogP contribution in [-0.2, 0) is 0 Å². The minimum absolute atomic E-state index is 0.886. The van der Waals surface area contributed by atoms with Crippen LogP contribution in [0.3, 0.4) is 0 Å². The number of allylic oxidation sites excluding steroid dienone is 1. The lowest BCUT2D eigenvalue weighted by Gasteiger charge is -2.26. The van der Waals surface area contributed by atoms with Crippen molar-refractivity contribution in [1.29, 1.82) is 0 Å². The van der Waals surface area contributed by atoms with Gasteiger partial charge in [0.25, 0.3) is 0 Å². The van der Waals surface area contributed by atoms with Crippen molar-refractivity contribution < 1.29 is 0 Å². The summed E-state index contributed by atoms with van der Waals surface area (Å²) in [5.41, 5.74) is 2.11. The Morgan fingerprint density at radius 1 is 1.46 bits per heavy atom. The van der Waals surface area contributed by atoms with Crippen molar-refractivity contribution in [3.8, 4) is 0 Å². The zero-order chi connectivity index (χ0) is 9.84. The maximum absolute atomic E-state index is 4.48. The van der Waals surface area contributed by atoms with E-state index >= 15 is 0 Å². The number of rotatable bonds is 3. The highest BCUT2D eigenvalue weighted by atomic mass is 15.2. The van der Waals surface area contributed by atoms with Crippen LogP contribution >= 0.6 is 0 Å². The molecule has 0 saturated carbocycles. The number of aliphatic imine (C=N–C) groups is 1. The van der Waals surface area contributed by atoms with Gasteiger partial charge < -0.3 is 4.90 Å². The van der Waals surface area contributed by atoms with E-state index in [9.17, 15) is 0 Å². The lowest BCUT2D eigenvalue weighted by molar-refractivity contribution is 0.530. The third-order valence-electron chi connectivity index (χ3n) is 2.18. The highest BCUT2D eigenvalue weighted by Crippen LogP contribution is 2.17. The molecule has 0 spiro atoms. The Morgan fingerprint density at radius 3 is 2.62 bits per heavy atom. The molecule has 0 N–H and O–H groups in total. The van der Waals surface area contributed by atoms with Gasteiger partial charge in [-0.15, -0.1) is 0 Å². The van der Waals surface area contributed by atoms with Crippen LogP contribution in [0, 0.1) is 0 Å². The van der Waals surface area contributed by atoms with E-state index in [2.05, 4.69) is 30.0 Å². The van der Waals surface area contributed by atoms with Crippen molar-refractivity contribution in [2.24, 2.45) is 4.99 Å². The average molecular weight is 176 g/mol. The van der Waals surface area contributed by atoms with Gasteiger partial charge in [-0.3, -0.25) is 0 Å². The van der Waals surface area contributed by atoms with Gasteiger partial charge in [0.15, 0.2) is 0 Å². The van der Waals surface area contributed by atoms with Crippen LogP contribution in [0.2, 0.25) is 0 Å². The summed E-state index contributed by atoms with van der Waals surface area (Å²) in [4.78, 5) is 6.63. The molecule has 2 heteroatoms. The molecule has 0 radical (unpaired) electrons. The van der Waals surface area contributed by atoms with Gasteiger partial charge >= 0.3 is 0 Å². The number of likely N-dealkylation sites (N-methyl/N-ethyl adjacent to an activating group) is 1. The zero-order valence-electron chi connectivity index (χ0n) is 8.38.